The Bertz CT molecular complexity index is 354. The minimum absolute atomic E-state index is 0.686. The van der Waals surface area contributed by atoms with Crippen molar-refractivity contribution in [2.45, 2.75) is 33.6 Å². The number of anilines is 1. The van der Waals surface area contributed by atoms with Crippen LogP contribution >= 0.6 is 0 Å². The van der Waals surface area contributed by atoms with Crippen LogP contribution in [0.1, 0.15) is 36.5 Å². The van der Waals surface area contributed by atoms with Gasteiger partial charge < -0.3 is 5.32 Å². The van der Waals surface area contributed by atoms with Crippen LogP contribution in [0.15, 0.2) is 12.1 Å². The summed E-state index contributed by atoms with van der Waals surface area (Å²) >= 11 is 0. The molecule has 1 N–H and O–H groups in total. The fraction of sp³-hybridized carbons (Fsp3) is 0.538. The van der Waals surface area contributed by atoms with Gasteiger partial charge in [-0.3, -0.25) is 0 Å². The fourth-order valence-electron chi connectivity index (χ4n) is 2.31. The number of hydrogen-bond donors (Lipinski definition) is 1. The van der Waals surface area contributed by atoms with E-state index in [2.05, 4.69) is 45.1 Å². The van der Waals surface area contributed by atoms with Crippen LogP contribution in [-0.2, 0) is 0 Å². The third-order valence-electron chi connectivity index (χ3n) is 3.71. The molecule has 2 rings (SSSR count). The second-order valence-corrected chi connectivity index (χ2v) is 4.62. The SMILES string of the molecule is Cc1ccc2c(c1C)C(C)C(C)CN2. The summed E-state index contributed by atoms with van der Waals surface area (Å²) in [6.07, 6.45) is 0. The van der Waals surface area contributed by atoms with Gasteiger partial charge in [-0.05, 0) is 48.4 Å². The average molecular weight is 189 g/mol. The van der Waals surface area contributed by atoms with Crippen molar-refractivity contribution < 1.29 is 0 Å². The maximum absolute atomic E-state index is 3.51. The number of nitrogens with one attached hydrogen (secondary N) is 1. The molecule has 1 aromatic rings. The Morgan fingerprint density at radius 2 is 1.93 bits per heavy atom. The van der Waals surface area contributed by atoms with Gasteiger partial charge in [0.05, 0.1) is 0 Å². The molecule has 0 radical (unpaired) electrons. The smallest absolute Gasteiger partial charge is 0.0378 e. The van der Waals surface area contributed by atoms with E-state index >= 15 is 0 Å². The van der Waals surface area contributed by atoms with Crippen LogP contribution in [0.4, 0.5) is 5.69 Å². The normalized spacial score (nSPS) is 25.4. The van der Waals surface area contributed by atoms with Crippen LogP contribution in [0.5, 0.6) is 0 Å². The van der Waals surface area contributed by atoms with E-state index in [1.54, 1.807) is 0 Å². The van der Waals surface area contributed by atoms with Gasteiger partial charge in [-0.15, -0.1) is 0 Å². The second kappa shape index (κ2) is 3.30. The Hall–Kier alpha value is -0.980. The molecule has 0 spiro atoms. The third kappa shape index (κ3) is 1.31. The highest BCUT2D eigenvalue weighted by molar-refractivity contribution is 5.60. The van der Waals surface area contributed by atoms with E-state index in [9.17, 15) is 0 Å². The van der Waals surface area contributed by atoms with Crippen molar-refractivity contribution in [2.24, 2.45) is 5.92 Å². The third-order valence-corrected chi connectivity index (χ3v) is 3.71. The molecule has 1 aliphatic heterocycles. The van der Waals surface area contributed by atoms with Gasteiger partial charge in [0.1, 0.15) is 0 Å². The molecule has 0 fully saturated rings. The summed E-state index contributed by atoms with van der Waals surface area (Å²) in [7, 11) is 0. The number of rotatable bonds is 0. The molecular formula is C13H19N. The highest BCUT2D eigenvalue weighted by Gasteiger charge is 2.24. The highest BCUT2D eigenvalue weighted by atomic mass is 14.9. The van der Waals surface area contributed by atoms with Crippen LogP contribution in [0.3, 0.4) is 0 Å². The Morgan fingerprint density at radius 3 is 2.64 bits per heavy atom. The van der Waals surface area contributed by atoms with Gasteiger partial charge in [0.2, 0.25) is 0 Å². The molecule has 0 saturated heterocycles. The molecule has 0 aromatic heterocycles. The van der Waals surface area contributed by atoms with Gasteiger partial charge >= 0.3 is 0 Å². The molecule has 1 aliphatic rings. The molecule has 0 amide bonds. The van der Waals surface area contributed by atoms with Crippen molar-refractivity contribution in [1.29, 1.82) is 0 Å². The first-order valence-corrected chi connectivity index (χ1v) is 5.45. The predicted molar refractivity (Wildman–Crippen MR) is 62.0 cm³/mol. The lowest BCUT2D eigenvalue weighted by molar-refractivity contribution is 0.495. The van der Waals surface area contributed by atoms with Gasteiger partial charge in [0, 0.05) is 12.2 Å². The zero-order valence-electron chi connectivity index (χ0n) is 9.52. The molecule has 2 atom stereocenters. The van der Waals surface area contributed by atoms with Crippen LogP contribution in [0, 0.1) is 19.8 Å². The molecule has 76 valence electrons. The lowest BCUT2D eigenvalue weighted by atomic mass is 9.81. The van der Waals surface area contributed by atoms with Crippen molar-refractivity contribution >= 4 is 5.69 Å². The van der Waals surface area contributed by atoms with Crippen LogP contribution in [0.25, 0.3) is 0 Å². The molecule has 1 nitrogen and oxygen atoms in total. The maximum atomic E-state index is 3.51. The topological polar surface area (TPSA) is 12.0 Å². The lowest BCUT2D eigenvalue weighted by Crippen LogP contribution is -2.25. The van der Waals surface area contributed by atoms with E-state index < -0.39 is 0 Å². The van der Waals surface area contributed by atoms with Gasteiger partial charge in [0.25, 0.3) is 0 Å². The molecular weight excluding hydrogens is 170 g/mol. The zero-order chi connectivity index (χ0) is 10.3. The maximum Gasteiger partial charge on any atom is 0.0378 e. The monoisotopic (exact) mass is 189 g/mol. The van der Waals surface area contributed by atoms with Gasteiger partial charge in [-0.1, -0.05) is 19.9 Å². The molecule has 0 bridgehead atoms. The molecule has 1 heterocycles. The zero-order valence-corrected chi connectivity index (χ0v) is 9.52. The second-order valence-electron chi connectivity index (χ2n) is 4.62. The summed E-state index contributed by atoms with van der Waals surface area (Å²) < 4.78 is 0. The van der Waals surface area contributed by atoms with E-state index in [1.165, 1.54) is 22.4 Å². The van der Waals surface area contributed by atoms with E-state index in [4.69, 9.17) is 0 Å². The summed E-state index contributed by atoms with van der Waals surface area (Å²) in [5.74, 6) is 1.43. The Labute approximate surface area is 86.5 Å². The molecule has 14 heavy (non-hydrogen) atoms. The van der Waals surface area contributed by atoms with Crippen LogP contribution < -0.4 is 5.32 Å². The lowest BCUT2D eigenvalue weighted by Gasteiger charge is -2.32. The summed E-state index contributed by atoms with van der Waals surface area (Å²) in [6.45, 7) is 10.2. The first-order chi connectivity index (χ1) is 6.61. The van der Waals surface area contributed by atoms with E-state index in [0.29, 0.717) is 5.92 Å². The fourth-order valence-corrected chi connectivity index (χ4v) is 2.31. The average Bonchev–Trinajstić information content (AvgIpc) is 2.17. The van der Waals surface area contributed by atoms with E-state index in [1.807, 2.05) is 0 Å². The standard InChI is InChI=1S/C13H19N/c1-8-5-6-12-13(10(8)3)11(4)9(2)7-14-12/h5-6,9,11,14H,7H2,1-4H3. The molecule has 0 aliphatic carbocycles. The molecule has 1 heteroatoms. The van der Waals surface area contributed by atoms with Crippen molar-refractivity contribution in [1.82, 2.24) is 0 Å². The number of benzene rings is 1. The van der Waals surface area contributed by atoms with Crippen molar-refractivity contribution in [3.05, 3.63) is 28.8 Å². The predicted octanol–water partition coefficient (Wildman–Crippen LogP) is 3.47. The number of fused-ring (bicyclic) bond motifs is 1. The van der Waals surface area contributed by atoms with Crippen molar-refractivity contribution in [3.8, 4) is 0 Å². The number of hydrogen-bond acceptors (Lipinski definition) is 1. The van der Waals surface area contributed by atoms with Crippen molar-refractivity contribution in [2.75, 3.05) is 11.9 Å². The summed E-state index contributed by atoms with van der Waals surface area (Å²) in [6, 6.07) is 4.43. The van der Waals surface area contributed by atoms with Gasteiger partial charge in [-0.25, -0.2) is 0 Å². The first kappa shape index (κ1) is 9.57. The Balaban J connectivity index is 2.56. The van der Waals surface area contributed by atoms with Gasteiger partial charge in [-0.2, -0.15) is 0 Å². The van der Waals surface area contributed by atoms with Gasteiger partial charge in [0.15, 0.2) is 0 Å². The Morgan fingerprint density at radius 1 is 1.21 bits per heavy atom. The first-order valence-electron chi connectivity index (χ1n) is 5.45. The summed E-state index contributed by atoms with van der Waals surface area (Å²) in [4.78, 5) is 0. The molecule has 2 unspecified atom stereocenters. The summed E-state index contributed by atoms with van der Waals surface area (Å²) in [5.41, 5.74) is 5.75. The van der Waals surface area contributed by atoms with E-state index in [-0.39, 0.29) is 0 Å². The summed E-state index contributed by atoms with van der Waals surface area (Å²) in [5, 5.41) is 3.51. The quantitative estimate of drug-likeness (QED) is 0.659. The van der Waals surface area contributed by atoms with Crippen LogP contribution in [0.2, 0.25) is 0 Å². The van der Waals surface area contributed by atoms with Crippen LogP contribution in [-0.4, -0.2) is 6.54 Å². The number of aryl methyl sites for hydroxylation is 1. The minimum atomic E-state index is 0.686. The van der Waals surface area contributed by atoms with Crippen molar-refractivity contribution in [3.63, 3.8) is 0 Å². The van der Waals surface area contributed by atoms with E-state index in [0.717, 1.165) is 12.5 Å². The highest BCUT2D eigenvalue weighted by Crippen LogP contribution is 2.37. The Kier molecular flexibility index (Phi) is 2.26. The molecule has 1 aromatic carbocycles. The minimum Gasteiger partial charge on any atom is -0.385 e. The molecule has 0 saturated carbocycles. The largest absolute Gasteiger partial charge is 0.385 e.